The Balaban J connectivity index is 1.70. The summed E-state index contributed by atoms with van der Waals surface area (Å²) in [5.41, 5.74) is 3.58. The molecule has 0 N–H and O–H groups in total. The summed E-state index contributed by atoms with van der Waals surface area (Å²) in [4.78, 5) is 11.1. The fourth-order valence-electron chi connectivity index (χ4n) is 2.38. The quantitative estimate of drug-likeness (QED) is 0.699. The van der Waals surface area contributed by atoms with Gasteiger partial charge in [-0.25, -0.2) is 4.98 Å². The summed E-state index contributed by atoms with van der Waals surface area (Å²) in [6.45, 7) is 3.05. The van der Waals surface area contributed by atoms with Crippen LogP contribution >= 0.6 is 11.3 Å². The van der Waals surface area contributed by atoms with Gasteiger partial charge >= 0.3 is 0 Å². The van der Waals surface area contributed by atoms with E-state index in [1.54, 1.807) is 11.3 Å². The Hall–Kier alpha value is -2.04. The zero-order valence-corrected chi connectivity index (χ0v) is 13.6. The monoisotopic (exact) mass is 309 g/mol. The van der Waals surface area contributed by atoms with Crippen molar-refractivity contribution in [3.63, 3.8) is 0 Å². The van der Waals surface area contributed by atoms with Crippen molar-refractivity contribution in [2.45, 2.75) is 19.5 Å². The molecule has 1 atom stereocenters. The molecule has 0 aliphatic rings. The topological polar surface area (TPSA) is 29.0 Å². The van der Waals surface area contributed by atoms with E-state index in [1.807, 2.05) is 30.6 Å². The molecule has 0 bridgehead atoms. The molecule has 0 spiro atoms. The predicted octanol–water partition coefficient (Wildman–Crippen LogP) is 4.40. The van der Waals surface area contributed by atoms with Crippen molar-refractivity contribution in [3.05, 3.63) is 71.5 Å². The highest BCUT2D eigenvalue weighted by Gasteiger charge is 2.13. The Morgan fingerprint density at radius 1 is 1.09 bits per heavy atom. The molecule has 0 fully saturated rings. The van der Waals surface area contributed by atoms with Gasteiger partial charge in [-0.15, -0.1) is 11.3 Å². The number of pyridine rings is 1. The van der Waals surface area contributed by atoms with Crippen LogP contribution in [0.15, 0.2) is 60.2 Å². The van der Waals surface area contributed by atoms with Crippen LogP contribution in [0.25, 0.3) is 10.6 Å². The Morgan fingerprint density at radius 2 is 1.82 bits per heavy atom. The molecule has 2 aromatic heterocycles. The second-order valence-electron chi connectivity index (χ2n) is 5.38. The van der Waals surface area contributed by atoms with Gasteiger partial charge in [-0.3, -0.25) is 9.88 Å². The molecule has 2 heterocycles. The van der Waals surface area contributed by atoms with E-state index in [-0.39, 0.29) is 0 Å². The third kappa shape index (κ3) is 3.40. The summed E-state index contributed by atoms with van der Waals surface area (Å²) in [5, 5.41) is 3.23. The molecule has 0 aliphatic heterocycles. The molecule has 4 heteroatoms. The van der Waals surface area contributed by atoms with Gasteiger partial charge in [0.2, 0.25) is 0 Å². The number of hydrogen-bond donors (Lipinski definition) is 0. The van der Waals surface area contributed by atoms with E-state index in [4.69, 9.17) is 4.98 Å². The lowest BCUT2D eigenvalue weighted by atomic mass is 10.1. The van der Waals surface area contributed by atoms with Crippen molar-refractivity contribution in [1.82, 2.24) is 14.9 Å². The minimum absolute atomic E-state index is 0.338. The molecule has 22 heavy (non-hydrogen) atoms. The Labute approximate surface area is 135 Å². The second-order valence-corrected chi connectivity index (χ2v) is 6.24. The fraction of sp³-hybridized carbons (Fsp3) is 0.222. The SMILES string of the molecule is C[C@@H](c1ccncc1)N(C)Cc1csc(-c2ccccc2)n1. The van der Waals surface area contributed by atoms with Gasteiger partial charge in [-0.2, -0.15) is 0 Å². The van der Waals surface area contributed by atoms with Gasteiger partial charge in [0.25, 0.3) is 0 Å². The molecule has 3 aromatic rings. The van der Waals surface area contributed by atoms with E-state index >= 15 is 0 Å². The molecule has 112 valence electrons. The van der Waals surface area contributed by atoms with E-state index in [0.29, 0.717) is 6.04 Å². The van der Waals surface area contributed by atoms with E-state index in [0.717, 1.165) is 17.2 Å². The maximum atomic E-state index is 4.76. The standard InChI is InChI=1S/C18H19N3S/c1-14(15-8-10-19-11-9-15)21(2)12-17-13-22-18(20-17)16-6-4-3-5-7-16/h3-11,13-14H,12H2,1-2H3/t14-/m0/s1. The van der Waals surface area contributed by atoms with E-state index in [2.05, 4.69) is 53.5 Å². The molecule has 0 radical (unpaired) electrons. The number of rotatable bonds is 5. The smallest absolute Gasteiger partial charge is 0.123 e. The summed E-state index contributed by atoms with van der Waals surface area (Å²) >= 11 is 1.70. The number of benzene rings is 1. The van der Waals surface area contributed by atoms with Crippen LogP contribution in [-0.4, -0.2) is 21.9 Å². The van der Waals surface area contributed by atoms with Crippen molar-refractivity contribution in [1.29, 1.82) is 0 Å². The summed E-state index contributed by atoms with van der Waals surface area (Å²) < 4.78 is 0. The van der Waals surface area contributed by atoms with Crippen LogP contribution in [0, 0.1) is 0 Å². The van der Waals surface area contributed by atoms with Crippen LogP contribution in [0.2, 0.25) is 0 Å². The lowest BCUT2D eigenvalue weighted by Crippen LogP contribution is -2.22. The first-order chi connectivity index (χ1) is 10.7. The van der Waals surface area contributed by atoms with Crippen molar-refractivity contribution < 1.29 is 0 Å². The largest absolute Gasteiger partial charge is 0.294 e. The molecular weight excluding hydrogens is 290 g/mol. The van der Waals surface area contributed by atoms with Gasteiger partial charge in [0.15, 0.2) is 0 Å². The van der Waals surface area contributed by atoms with Gasteiger partial charge in [-0.05, 0) is 31.7 Å². The minimum Gasteiger partial charge on any atom is -0.294 e. The van der Waals surface area contributed by atoms with E-state index in [9.17, 15) is 0 Å². The summed E-state index contributed by atoms with van der Waals surface area (Å²) in [6, 6.07) is 14.8. The maximum absolute atomic E-state index is 4.76. The van der Waals surface area contributed by atoms with Crippen LogP contribution in [0.1, 0.15) is 24.2 Å². The van der Waals surface area contributed by atoms with E-state index in [1.165, 1.54) is 11.1 Å². The molecule has 3 nitrogen and oxygen atoms in total. The highest BCUT2D eigenvalue weighted by molar-refractivity contribution is 7.13. The summed E-state index contributed by atoms with van der Waals surface area (Å²) in [6.07, 6.45) is 3.69. The van der Waals surface area contributed by atoms with Gasteiger partial charge in [-0.1, -0.05) is 30.3 Å². The predicted molar refractivity (Wildman–Crippen MR) is 91.7 cm³/mol. The number of hydrogen-bond acceptors (Lipinski definition) is 4. The highest BCUT2D eigenvalue weighted by atomic mass is 32.1. The minimum atomic E-state index is 0.338. The van der Waals surface area contributed by atoms with Crippen LogP contribution in [-0.2, 0) is 6.54 Å². The first-order valence-corrected chi connectivity index (χ1v) is 8.22. The van der Waals surface area contributed by atoms with Crippen LogP contribution in [0.3, 0.4) is 0 Å². The lowest BCUT2D eigenvalue weighted by molar-refractivity contribution is 0.250. The molecule has 0 amide bonds. The molecule has 3 rings (SSSR count). The van der Waals surface area contributed by atoms with Crippen LogP contribution in [0.4, 0.5) is 0 Å². The first-order valence-electron chi connectivity index (χ1n) is 7.34. The average Bonchev–Trinajstić information content (AvgIpc) is 3.04. The van der Waals surface area contributed by atoms with Crippen LogP contribution < -0.4 is 0 Å². The van der Waals surface area contributed by atoms with Crippen molar-refractivity contribution in [2.75, 3.05) is 7.05 Å². The first kappa shape index (κ1) is 14.9. The second kappa shape index (κ2) is 6.81. The third-order valence-electron chi connectivity index (χ3n) is 3.83. The van der Waals surface area contributed by atoms with Gasteiger partial charge in [0.05, 0.1) is 5.69 Å². The van der Waals surface area contributed by atoms with Gasteiger partial charge in [0.1, 0.15) is 5.01 Å². The average molecular weight is 309 g/mol. The zero-order chi connectivity index (χ0) is 15.4. The Kier molecular flexibility index (Phi) is 4.61. The molecular formula is C18H19N3S. The van der Waals surface area contributed by atoms with Crippen molar-refractivity contribution >= 4 is 11.3 Å². The maximum Gasteiger partial charge on any atom is 0.123 e. The summed E-state index contributed by atoms with van der Waals surface area (Å²) in [5.74, 6) is 0. The lowest BCUT2D eigenvalue weighted by Gasteiger charge is -2.24. The van der Waals surface area contributed by atoms with Gasteiger partial charge < -0.3 is 0 Å². The zero-order valence-electron chi connectivity index (χ0n) is 12.8. The third-order valence-corrected chi connectivity index (χ3v) is 4.77. The highest BCUT2D eigenvalue weighted by Crippen LogP contribution is 2.25. The van der Waals surface area contributed by atoms with Crippen LogP contribution in [0.5, 0.6) is 0 Å². The molecule has 0 unspecified atom stereocenters. The molecule has 0 saturated heterocycles. The normalized spacial score (nSPS) is 12.5. The fourth-order valence-corrected chi connectivity index (χ4v) is 3.20. The summed E-state index contributed by atoms with van der Waals surface area (Å²) in [7, 11) is 2.13. The number of aromatic nitrogens is 2. The Bertz CT molecular complexity index is 709. The van der Waals surface area contributed by atoms with Crippen molar-refractivity contribution in [3.8, 4) is 10.6 Å². The molecule has 1 aromatic carbocycles. The molecule has 0 saturated carbocycles. The Morgan fingerprint density at radius 3 is 2.55 bits per heavy atom. The van der Waals surface area contributed by atoms with E-state index < -0.39 is 0 Å². The number of thiazole rings is 1. The van der Waals surface area contributed by atoms with Gasteiger partial charge in [0, 0.05) is 35.9 Å². The molecule has 0 aliphatic carbocycles. The number of nitrogens with zero attached hydrogens (tertiary/aromatic N) is 3. The van der Waals surface area contributed by atoms with Crippen molar-refractivity contribution in [2.24, 2.45) is 0 Å².